The number of carboxylic acids is 1. The van der Waals surface area contributed by atoms with Crippen molar-refractivity contribution in [1.82, 2.24) is 5.32 Å². The Bertz CT molecular complexity index is 690. The van der Waals surface area contributed by atoms with Gasteiger partial charge in [-0.05, 0) is 55.5 Å². The van der Waals surface area contributed by atoms with Crippen LogP contribution in [0.1, 0.15) is 45.1 Å². The molecule has 0 aliphatic carbocycles. The van der Waals surface area contributed by atoms with Gasteiger partial charge in [0.2, 0.25) is 5.91 Å². The molecule has 0 unspecified atom stereocenters. The van der Waals surface area contributed by atoms with Crippen molar-refractivity contribution in [3.63, 3.8) is 0 Å². The second-order valence-corrected chi connectivity index (χ2v) is 7.35. The molecule has 1 aromatic heterocycles. The van der Waals surface area contributed by atoms with Gasteiger partial charge < -0.3 is 10.4 Å². The lowest BCUT2D eigenvalue weighted by Gasteiger charge is -2.25. The fraction of sp³-hybridized carbons (Fsp3) is 0.444. The van der Waals surface area contributed by atoms with Crippen LogP contribution in [0, 0.1) is 0 Å². The summed E-state index contributed by atoms with van der Waals surface area (Å²) in [6.45, 7) is 3.72. The van der Waals surface area contributed by atoms with E-state index >= 15 is 0 Å². The van der Waals surface area contributed by atoms with E-state index in [1.165, 1.54) is 15.6 Å². The normalized spacial score (nSPS) is 11.6. The Kier molecular flexibility index (Phi) is 5.77. The molecule has 2 rings (SSSR count). The van der Waals surface area contributed by atoms with Gasteiger partial charge >= 0.3 is 5.97 Å². The number of fused-ring (bicyclic) bond motifs is 1. The van der Waals surface area contributed by atoms with Crippen LogP contribution in [-0.2, 0) is 16.0 Å². The lowest BCUT2D eigenvalue weighted by Crippen LogP contribution is -2.43. The van der Waals surface area contributed by atoms with Gasteiger partial charge in [-0.1, -0.05) is 18.2 Å². The minimum absolute atomic E-state index is 0.0140. The maximum Gasteiger partial charge on any atom is 0.303 e. The summed E-state index contributed by atoms with van der Waals surface area (Å²) in [5.74, 6) is -0.850. The van der Waals surface area contributed by atoms with E-state index in [-0.39, 0.29) is 12.3 Å². The molecule has 2 aromatic rings. The number of hydrogen-bond acceptors (Lipinski definition) is 3. The monoisotopic (exact) mass is 333 g/mol. The number of hydrogen-bond donors (Lipinski definition) is 2. The summed E-state index contributed by atoms with van der Waals surface area (Å²) in [5, 5.41) is 15.1. The smallest absolute Gasteiger partial charge is 0.303 e. The van der Waals surface area contributed by atoms with Gasteiger partial charge in [-0.2, -0.15) is 0 Å². The van der Waals surface area contributed by atoms with Crippen LogP contribution in [0.15, 0.2) is 29.6 Å². The van der Waals surface area contributed by atoms with E-state index in [1.807, 2.05) is 26.0 Å². The second kappa shape index (κ2) is 7.59. The largest absolute Gasteiger partial charge is 0.481 e. The van der Waals surface area contributed by atoms with Crippen molar-refractivity contribution < 1.29 is 14.7 Å². The Morgan fingerprint density at radius 2 is 1.96 bits per heavy atom. The molecule has 1 aromatic carbocycles. The number of rotatable bonds is 8. The molecule has 1 amide bonds. The van der Waals surface area contributed by atoms with E-state index in [0.29, 0.717) is 12.8 Å². The molecule has 23 heavy (non-hydrogen) atoms. The van der Waals surface area contributed by atoms with Crippen molar-refractivity contribution in [2.45, 2.75) is 51.5 Å². The zero-order chi connectivity index (χ0) is 16.9. The first-order valence-electron chi connectivity index (χ1n) is 7.85. The summed E-state index contributed by atoms with van der Waals surface area (Å²) in [7, 11) is 0. The minimum atomic E-state index is -0.836. The molecule has 4 nitrogen and oxygen atoms in total. The second-order valence-electron chi connectivity index (χ2n) is 6.44. The van der Waals surface area contributed by atoms with Gasteiger partial charge in [0.05, 0.1) is 0 Å². The Balaban J connectivity index is 1.79. The van der Waals surface area contributed by atoms with E-state index in [0.717, 1.165) is 12.8 Å². The first kappa shape index (κ1) is 17.5. The van der Waals surface area contributed by atoms with Crippen LogP contribution in [0.3, 0.4) is 0 Å². The molecule has 0 aliphatic heterocycles. The van der Waals surface area contributed by atoms with Crippen LogP contribution >= 0.6 is 11.3 Å². The minimum Gasteiger partial charge on any atom is -0.481 e. The van der Waals surface area contributed by atoms with Crippen LogP contribution in [0.4, 0.5) is 0 Å². The van der Waals surface area contributed by atoms with Crippen LogP contribution in [0.25, 0.3) is 10.1 Å². The molecular weight excluding hydrogens is 310 g/mol. The van der Waals surface area contributed by atoms with E-state index < -0.39 is 11.5 Å². The van der Waals surface area contributed by atoms with Crippen molar-refractivity contribution in [1.29, 1.82) is 0 Å². The maximum atomic E-state index is 12.0. The summed E-state index contributed by atoms with van der Waals surface area (Å²) in [6.07, 6.45) is 2.63. The third kappa shape index (κ3) is 5.36. The molecule has 0 spiro atoms. The fourth-order valence-electron chi connectivity index (χ4n) is 2.59. The van der Waals surface area contributed by atoms with Crippen LogP contribution in [0.2, 0.25) is 0 Å². The van der Waals surface area contributed by atoms with Gasteiger partial charge in [-0.15, -0.1) is 11.3 Å². The Hall–Kier alpha value is -1.88. The van der Waals surface area contributed by atoms with Gasteiger partial charge in [0.15, 0.2) is 0 Å². The van der Waals surface area contributed by atoms with Crippen molar-refractivity contribution in [3.05, 3.63) is 35.2 Å². The maximum absolute atomic E-state index is 12.0. The number of amides is 1. The lowest BCUT2D eigenvalue weighted by atomic mass is 9.98. The van der Waals surface area contributed by atoms with E-state index in [9.17, 15) is 9.59 Å². The number of thiophene rings is 1. The summed E-state index contributed by atoms with van der Waals surface area (Å²) in [4.78, 5) is 22.7. The van der Waals surface area contributed by atoms with Gasteiger partial charge in [0, 0.05) is 23.1 Å². The van der Waals surface area contributed by atoms with E-state index in [2.05, 4.69) is 22.8 Å². The molecule has 5 heteroatoms. The molecular formula is C18H23NO3S. The molecule has 0 saturated heterocycles. The summed E-state index contributed by atoms with van der Waals surface area (Å²) in [5.41, 5.74) is 0.813. The summed E-state index contributed by atoms with van der Waals surface area (Å²) in [6, 6.07) is 8.31. The van der Waals surface area contributed by atoms with Crippen molar-refractivity contribution in [2.24, 2.45) is 0 Å². The van der Waals surface area contributed by atoms with Gasteiger partial charge in [-0.25, -0.2) is 0 Å². The van der Waals surface area contributed by atoms with Crippen molar-refractivity contribution in [2.75, 3.05) is 0 Å². The third-order valence-electron chi connectivity index (χ3n) is 3.85. The number of nitrogens with one attached hydrogen (secondary N) is 1. The highest BCUT2D eigenvalue weighted by atomic mass is 32.1. The predicted octanol–water partition coefficient (Wildman–Crippen LogP) is 3.98. The molecule has 1 heterocycles. The number of carbonyl (C=O) groups excluding carboxylic acids is 1. The zero-order valence-electron chi connectivity index (χ0n) is 13.6. The Morgan fingerprint density at radius 1 is 1.22 bits per heavy atom. The molecule has 124 valence electrons. The van der Waals surface area contributed by atoms with E-state index in [1.54, 1.807) is 11.3 Å². The van der Waals surface area contributed by atoms with Crippen LogP contribution in [0.5, 0.6) is 0 Å². The van der Waals surface area contributed by atoms with E-state index in [4.69, 9.17) is 5.11 Å². The highest BCUT2D eigenvalue weighted by Gasteiger charge is 2.21. The molecule has 2 N–H and O–H groups in total. The molecule has 0 bridgehead atoms. The number of aliphatic carboxylic acids is 1. The third-order valence-corrected chi connectivity index (χ3v) is 4.87. The van der Waals surface area contributed by atoms with Crippen LogP contribution in [-0.4, -0.2) is 22.5 Å². The SMILES string of the molecule is CC(C)(CCC(=O)O)NC(=O)CCCc1csc2ccccc12. The molecule has 0 atom stereocenters. The molecule has 0 fully saturated rings. The topological polar surface area (TPSA) is 66.4 Å². The van der Waals surface area contributed by atoms with Crippen molar-refractivity contribution >= 4 is 33.3 Å². The van der Waals surface area contributed by atoms with Gasteiger partial charge in [0.1, 0.15) is 0 Å². The first-order chi connectivity index (χ1) is 10.9. The fourth-order valence-corrected chi connectivity index (χ4v) is 3.58. The zero-order valence-corrected chi connectivity index (χ0v) is 14.4. The summed E-state index contributed by atoms with van der Waals surface area (Å²) < 4.78 is 1.28. The number of benzene rings is 1. The highest BCUT2D eigenvalue weighted by Crippen LogP contribution is 2.26. The standard InChI is InChI=1S/C18H23NO3S/c1-18(2,11-10-17(21)22)19-16(20)9-5-6-13-12-23-15-8-4-3-7-14(13)15/h3-4,7-8,12H,5-6,9-11H2,1-2H3,(H,19,20)(H,21,22). The molecule has 0 radical (unpaired) electrons. The average Bonchev–Trinajstić information content (AvgIpc) is 2.88. The Labute approximate surface area is 140 Å². The molecule has 0 aliphatic rings. The van der Waals surface area contributed by atoms with Gasteiger partial charge in [0.25, 0.3) is 0 Å². The molecule has 0 saturated carbocycles. The number of aryl methyl sites for hydroxylation is 1. The predicted molar refractivity (Wildman–Crippen MR) is 93.9 cm³/mol. The number of carboxylic acid groups (broad SMARTS) is 1. The van der Waals surface area contributed by atoms with Gasteiger partial charge in [-0.3, -0.25) is 9.59 Å². The summed E-state index contributed by atoms with van der Waals surface area (Å²) >= 11 is 1.74. The van der Waals surface area contributed by atoms with Crippen molar-refractivity contribution in [3.8, 4) is 0 Å². The average molecular weight is 333 g/mol. The Morgan fingerprint density at radius 3 is 2.70 bits per heavy atom. The quantitative estimate of drug-likeness (QED) is 0.768. The number of carbonyl (C=O) groups is 2. The van der Waals surface area contributed by atoms with Crippen LogP contribution < -0.4 is 5.32 Å². The lowest BCUT2D eigenvalue weighted by molar-refractivity contribution is -0.137. The highest BCUT2D eigenvalue weighted by molar-refractivity contribution is 7.17. The first-order valence-corrected chi connectivity index (χ1v) is 8.73.